The van der Waals surface area contributed by atoms with Crippen LogP contribution in [0.5, 0.6) is 5.75 Å². The van der Waals surface area contributed by atoms with Crippen molar-refractivity contribution in [1.29, 1.82) is 0 Å². The molecule has 1 amide bonds. The van der Waals surface area contributed by atoms with Crippen LogP contribution in [0, 0.1) is 12.8 Å². The Balaban J connectivity index is 1.41. The Bertz CT molecular complexity index is 901. The third-order valence-corrected chi connectivity index (χ3v) is 4.99. The van der Waals surface area contributed by atoms with E-state index in [1.54, 1.807) is 0 Å². The van der Waals surface area contributed by atoms with Gasteiger partial charge in [0.2, 0.25) is 0 Å². The van der Waals surface area contributed by atoms with Crippen molar-refractivity contribution >= 4 is 16.8 Å². The molecule has 0 aliphatic carbocycles. The second-order valence-electron chi connectivity index (χ2n) is 7.00. The minimum Gasteiger partial charge on any atom is -0.493 e. The average Bonchev–Trinajstić information content (AvgIpc) is 3.11. The van der Waals surface area contributed by atoms with Gasteiger partial charge in [-0.3, -0.25) is 9.89 Å². The Labute approximate surface area is 153 Å². The van der Waals surface area contributed by atoms with Crippen molar-refractivity contribution in [2.24, 2.45) is 5.92 Å². The van der Waals surface area contributed by atoms with E-state index in [0.29, 0.717) is 24.8 Å². The van der Waals surface area contributed by atoms with Crippen LogP contribution in [-0.4, -0.2) is 40.7 Å². The number of carbonyl (C=O) groups excluding carboxylic acids is 1. The summed E-state index contributed by atoms with van der Waals surface area (Å²) < 4.78 is 5.93. The fourth-order valence-corrected chi connectivity index (χ4v) is 3.51. The van der Waals surface area contributed by atoms with Crippen LogP contribution in [0.3, 0.4) is 0 Å². The predicted octanol–water partition coefficient (Wildman–Crippen LogP) is 3.80. The van der Waals surface area contributed by atoms with Gasteiger partial charge < -0.3 is 9.64 Å². The number of likely N-dealkylation sites (tertiary alicyclic amines) is 1. The molecule has 1 atom stereocenters. The first kappa shape index (κ1) is 16.6. The molecular formula is C21H23N3O2. The zero-order valence-corrected chi connectivity index (χ0v) is 14.9. The van der Waals surface area contributed by atoms with Gasteiger partial charge >= 0.3 is 0 Å². The molecule has 1 aliphatic rings. The van der Waals surface area contributed by atoms with Gasteiger partial charge in [-0.1, -0.05) is 35.9 Å². The average molecular weight is 349 g/mol. The molecule has 3 aromatic rings. The molecule has 5 nitrogen and oxygen atoms in total. The van der Waals surface area contributed by atoms with E-state index in [0.717, 1.165) is 36.0 Å². The topological polar surface area (TPSA) is 58.2 Å². The summed E-state index contributed by atoms with van der Waals surface area (Å²) in [5.41, 5.74) is 2.63. The van der Waals surface area contributed by atoms with E-state index in [2.05, 4.69) is 29.3 Å². The summed E-state index contributed by atoms with van der Waals surface area (Å²) >= 11 is 0. The normalized spacial score (nSPS) is 17.4. The largest absolute Gasteiger partial charge is 0.493 e. The molecule has 2 aromatic carbocycles. The number of fused-ring (bicyclic) bond motifs is 1. The SMILES string of the molecule is Cc1ccc(OC[C@H]2CCCN(C(=O)c3n[nH]c4ccccc34)C2)cc1. The van der Waals surface area contributed by atoms with E-state index < -0.39 is 0 Å². The number of aromatic nitrogens is 2. The van der Waals surface area contributed by atoms with Gasteiger partial charge in [-0.05, 0) is 38.0 Å². The van der Waals surface area contributed by atoms with Gasteiger partial charge in [0.15, 0.2) is 5.69 Å². The smallest absolute Gasteiger partial charge is 0.275 e. The second kappa shape index (κ2) is 7.20. The van der Waals surface area contributed by atoms with Crippen LogP contribution >= 0.6 is 0 Å². The maximum Gasteiger partial charge on any atom is 0.275 e. The highest BCUT2D eigenvalue weighted by atomic mass is 16.5. The number of piperidine rings is 1. The monoisotopic (exact) mass is 349 g/mol. The lowest BCUT2D eigenvalue weighted by Gasteiger charge is -2.32. The van der Waals surface area contributed by atoms with E-state index in [-0.39, 0.29) is 5.91 Å². The standard InChI is InChI=1S/C21H23N3O2/c1-15-8-10-17(11-9-15)26-14-16-5-4-12-24(13-16)21(25)20-18-6-2-3-7-19(18)22-23-20/h2-3,6-11,16H,4-5,12-14H2,1H3,(H,22,23)/t16-/m0/s1. The summed E-state index contributed by atoms with van der Waals surface area (Å²) in [5, 5.41) is 8.08. The summed E-state index contributed by atoms with van der Waals surface area (Å²) in [6, 6.07) is 15.8. The second-order valence-corrected chi connectivity index (χ2v) is 7.00. The first-order chi connectivity index (χ1) is 12.7. The lowest BCUT2D eigenvalue weighted by Crippen LogP contribution is -2.41. The van der Waals surface area contributed by atoms with Crippen LogP contribution in [0.4, 0.5) is 0 Å². The van der Waals surface area contributed by atoms with Gasteiger partial charge in [0, 0.05) is 24.4 Å². The van der Waals surface area contributed by atoms with Crippen LogP contribution < -0.4 is 4.74 Å². The third-order valence-electron chi connectivity index (χ3n) is 4.99. The molecule has 1 aromatic heterocycles. The zero-order valence-electron chi connectivity index (χ0n) is 14.9. The molecule has 4 rings (SSSR count). The highest BCUT2D eigenvalue weighted by Gasteiger charge is 2.27. The molecule has 1 saturated heterocycles. The number of para-hydroxylation sites is 1. The van der Waals surface area contributed by atoms with Gasteiger partial charge in [-0.2, -0.15) is 5.10 Å². The maximum atomic E-state index is 12.9. The molecule has 1 N–H and O–H groups in total. The van der Waals surface area contributed by atoms with Gasteiger partial charge in [0.25, 0.3) is 5.91 Å². The summed E-state index contributed by atoms with van der Waals surface area (Å²) in [6.45, 7) is 4.19. The number of aryl methyl sites for hydroxylation is 1. The van der Waals surface area contributed by atoms with Gasteiger partial charge in [-0.25, -0.2) is 0 Å². The van der Waals surface area contributed by atoms with Crippen molar-refractivity contribution in [3.8, 4) is 5.75 Å². The van der Waals surface area contributed by atoms with E-state index in [9.17, 15) is 4.79 Å². The number of carbonyl (C=O) groups is 1. The first-order valence-corrected chi connectivity index (χ1v) is 9.12. The first-order valence-electron chi connectivity index (χ1n) is 9.12. The Morgan fingerprint density at radius 1 is 1.23 bits per heavy atom. The Hall–Kier alpha value is -2.82. The predicted molar refractivity (Wildman–Crippen MR) is 101 cm³/mol. The van der Waals surface area contributed by atoms with Crippen molar-refractivity contribution in [3.05, 3.63) is 59.8 Å². The number of H-pyrrole nitrogens is 1. The molecule has 0 bridgehead atoms. The number of nitrogens with zero attached hydrogens (tertiary/aromatic N) is 2. The number of amides is 1. The molecule has 26 heavy (non-hydrogen) atoms. The molecular weight excluding hydrogens is 326 g/mol. The van der Waals surface area contributed by atoms with Gasteiger partial charge in [0.1, 0.15) is 5.75 Å². The Kier molecular flexibility index (Phi) is 4.61. The third kappa shape index (κ3) is 3.43. The van der Waals surface area contributed by atoms with Crippen molar-refractivity contribution in [1.82, 2.24) is 15.1 Å². The summed E-state index contributed by atoms with van der Waals surface area (Å²) in [4.78, 5) is 14.8. The van der Waals surface area contributed by atoms with Crippen LogP contribution in [0.1, 0.15) is 28.9 Å². The maximum absolute atomic E-state index is 12.9. The fourth-order valence-electron chi connectivity index (χ4n) is 3.51. The number of aromatic amines is 1. The zero-order chi connectivity index (χ0) is 17.9. The highest BCUT2D eigenvalue weighted by molar-refractivity contribution is 6.04. The molecule has 5 heteroatoms. The lowest BCUT2D eigenvalue weighted by molar-refractivity contribution is 0.0629. The van der Waals surface area contributed by atoms with Crippen molar-refractivity contribution in [3.63, 3.8) is 0 Å². The van der Waals surface area contributed by atoms with E-state index in [4.69, 9.17) is 4.74 Å². The molecule has 0 saturated carbocycles. The summed E-state index contributed by atoms with van der Waals surface area (Å²) in [5.74, 6) is 1.24. The fraction of sp³-hybridized carbons (Fsp3) is 0.333. The number of benzene rings is 2. The van der Waals surface area contributed by atoms with Crippen molar-refractivity contribution in [2.45, 2.75) is 19.8 Å². The van der Waals surface area contributed by atoms with E-state index in [1.165, 1.54) is 5.56 Å². The lowest BCUT2D eigenvalue weighted by atomic mass is 9.98. The molecule has 0 unspecified atom stereocenters. The number of hydrogen-bond acceptors (Lipinski definition) is 3. The molecule has 134 valence electrons. The number of rotatable bonds is 4. The Morgan fingerprint density at radius 3 is 2.88 bits per heavy atom. The number of hydrogen-bond donors (Lipinski definition) is 1. The van der Waals surface area contributed by atoms with Crippen LogP contribution in [0.15, 0.2) is 48.5 Å². The van der Waals surface area contributed by atoms with Crippen LogP contribution in [-0.2, 0) is 0 Å². The minimum atomic E-state index is 0.00230. The molecule has 0 radical (unpaired) electrons. The number of nitrogens with one attached hydrogen (secondary N) is 1. The van der Waals surface area contributed by atoms with Gasteiger partial charge in [0.05, 0.1) is 12.1 Å². The quantitative estimate of drug-likeness (QED) is 0.779. The van der Waals surface area contributed by atoms with E-state index >= 15 is 0 Å². The molecule has 1 fully saturated rings. The summed E-state index contributed by atoms with van der Waals surface area (Å²) in [6.07, 6.45) is 2.08. The van der Waals surface area contributed by atoms with Gasteiger partial charge in [-0.15, -0.1) is 0 Å². The molecule has 2 heterocycles. The highest BCUT2D eigenvalue weighted by Crippen LogP contribution is 2.23. The summed E-state index contributed by atoms with van der Waals surface area (Å²) in [7, 11) is 0. The van der Waals surface area contributed by atoms with E-state index in [1.807, 2.05) is 41.3 Å². The van der Waals surface area contributed by atoms with Crippen LogP contribution in [0.25, 0.3) is 10.9 Å². The number of ether oxygens (including phenoxy) is 1. The minimum absolute atomic E-state index is 0.00230. The van der Waals surface area contributed by atoms with Crippen molar-refractivity contribution < 1.29 is 9.53 Å². The molecule has 1 aliphatic heterocycles. The van der Waals surface area contributed by atoms with Crippen molar-refractivity contribution in [2.75, 3.05) is 19.7 Å². The Morgan fingerprint density at radius 2 is 2.04 bits per heavy atom. The molecule has 0 spiro atoms. The van der Waals surface area contributed by atoms with Crippen LogP contribution in [0.2, 0.25) is 0 Å².